The Balaban J connectivity index is 1.63. The average Bonchev–Trinajstić information content (AvgIpc) is 3.18. The molecule has 3 rings (SSSR count). The third-order valence-electron chi connectivity index (χ3n) is 5.26. The summed E-state index contributed by atoms with van der Waals surface area (Å²) in [6, 6.07) is 3.80. The van der Waals surface area contributed by atoms with Crippen molar-refractivity contribution in [1.82, 2.24) is 4.57 Å². The lowest BCUT2D eigenvalue weighted by molar-refractivity contribution is 0.0479. The van der Waals surface area contributed by atoms with E-state index in [0.717, 1.165) is 24.2 Å². The van der Waals surface area contributed by atoms with Crippen LogP contribution in [0.15, 0.2) is 12.1 Å². The fraction of sp³-hybridized carbons (Fsp3) is 0.524. The van der Waals surface area contributed by atoms with Crippen LogP contribution in [-0.2, 0) is 28.9 Å². The van der Waals surface area contributed by atoms with E-state index in [0.29, 0.717) is 29.5 Å². The molecule has 2 aromatic rings. The number of aryl methyl sites for hydroxylation is 2. The molecule has 6 heteroatoms. The molecule has 0 bridgehead atoms. The van der Waals surface area contributed by atoms with Crippen molar-refractivity contribution < 1.29 is 19.1 Å². The Morgan fingerprint density at radius 1 is 1.30 bits per heavy atom. The smallest absolute Gasteiger partial charge is 0.348 e. The Morgan fingerprint density at radius 2 is 2.07 bits per heavy atom. The maximum absolute atomic E-state index is 12.6. The van der Waals surface area contributed by atoms with Crippen LogP contribution in [0.1, 0.15) is 55.2 Å². The number of hydrogen-bond acceptors (Lipinski definition) is 5. The van der Waals surface area contributed by atoms with Gasteiger partial charge in [0.15, 0.2) is 6.61 Å². The molecule has 0 aromatic carbocycles. The van der Waals surface area contributed by atoms with Gasteiger partial charge >= 0.3 is 5.97 Å². The highest BCUT2D eigenvalue weighted by molar-refractivity contribution is 7.14. The molecule has 1 aliphatic rings. The van der Waals surface area contributed by atoms with E-state index in [-0.39, 0.29) is 12.4 Å². The van der Waals surface area contributed by atoms with Gasteiger partial charge in [0.2, 0.25) is 5.78 Å². The van der Waals surface area contributed by atoms with Crippen LogP contribution in [-0.4, -0.2) is 36.6 Å². The molecule has 0 saturated carbocycles. The van der Waals surface area contributed by atoms with E-state index < -0.39 is 5.97 Å². The van der Waals surface area contributed by atoms with Gasteiger partial charge in [-0.05, 0) is 56.7 Å². The molecular weight excluding hydrogens is 362 g/mol. The molecule has 0 fully saturated rings. The van der Waals surface area contributed by atoms with E-state index in [2.05, 4.69) is 6.92 Å². The van der Waals surface area contributed by atoms with Crippen LogP contribution >= 0.6 is 11.3 Å². The van der Waals surface area contributed by atoms with Crippen LogP contribution in [0.25, 0.3) is 0 Å². The third kappa shape index (κ3) is 4.33. The van der Waals surface area contributed by atoms with Crippen molar-refractivity contribution in [2.75, 3.05) is 20.3 Å². The molecule has 146 valence electrons. The molecule has 0 radical (unpaired) electrons. The molecule has 1 atom stereocenters. The van der Waals surface area contributed by atoms with Crippen molar-refractivity contribution in [1.29, 1.82) is 0 Å². The summed E-state index contributed by atoms with van der Waals surface area (Å²) in [5.74, 6) is 0.0876. The van der Waals surface area contributed by atoms with Gasteiger partial charge in [-0.1, -0.05) is 6.92 Å². The normalized spacial score (nSPS) is 16.2. The standard InChI is InChI=1S/C21H27NO4S/c1-13-5-6-19-16(9-13)11-20(27-19)21(24)26-12-18(23)17-10-14(2)22(15(17)3)7-8-25-4/h10-11,13H,5-9,12H2,1-4H3/t13-/m1/s1. The molecule has 2 aromatic heterocycles. The summed E-state index contributed by atoms with van der Waals surface area (Å²) in [6.45, 7) is 7.16. The predicted octanol–water partition coefficient (Wildman–Crippen LogP) is 3.98. The van der Waals surface area contributed by atoms with E-state index in [1.54, 1.807) is 7.11 Å². The number of Topliss-reactive ketones (excluding diaryl/α,β-unsaturated/α-hetero) is 1. The largest absolute Gasteiger partial charge is 0.453 e. The first-order valence-electron chi connectivity index (χ1n) is 9.38. The zero-order valence-corrected chi connectivity index (χ0v) is 17.3. The van der Waals surface area contributed by atoms with Crippen LogP contribution in [0.5, 0.6) is 0 Å². The van der Waals surface area contributed by atoms with Crippen molar-refractivity contribution in [3.63, 3.8) is 0 Å². The Labute approximate surface area is 164 Å². The molecule has 2 heterocycles. The number of carbonyl (C=O) groups excluding carboxylic acids is 2. The average molecular weight is 390 g/mol. The number of thiophene rings is 1. The maximum Gasteiger partial charge on any atom is 0.348 e. The second kappa shape index (κ2) is 8.40. The molecule has 0 unspecified atom stereocenters. The minimum Gasteiger partial charge on any atom is -0.453 e. The summed E-state index contributed by atoms with van der Waals surface area (Å²) in [5, 5.41) is 0. The number of hydrogen-bond donors (Lipinski definition) is 0. The number of nitrogens with zero attached hydrogens (tertiary/aromatic N) is 1. The number of ketones is 1. The minimum atomic E-state index is -0.399. The third-order valence-corrected chi connectivity index (χ3v) is 6.47. The zero-order valence-electron chi connectivity index (χ0n) is 16.5. The van der Waals surface area contributed by atoms with Crippen molar-refractivity contribution in [2.45, 2.75) is 46.6 Å². The fourth-order valence-corrected chi connectivity index (χ4v) is 4.80. The van der Waals surface area contributed by atoms with E-state index in [1.807, 2.05) is 30.5 Å². The van der Waals surface area contributed by atoms with Crippen LogP contribution < -0.4 is 0 Å². The summed E-state index contributed by atoms with van der Waals surface area (Å²) in [5.41, 5.74) is 3.75. The molecule has 0 spiro atoms. The first-order chi connectivity index (χ1) is 12.9. The van der Waals surface area contributed by atoms with Crippen molar-refractivity contribution >= 4 is 23.1 Å². The second-order valence-corrected chi connectivity index (χ2v) is 8.47. The van der Waals surface area contributed by atoms with Gasteiger partial charge in [0.25, 0.3) is 0 Å². The van der Waals surface area contributed by atoms with Gasteiger partial charge in [-0.2, -0.15) is 0 Å². The zero-order chi connectivity index (χ0) is 19.6. The van der Waals surface area contributed by atoms with E-state index in [1.165, 1.54) is 28.2 Å². The van der Waals surface area contributed by atoms with Gasteiger partial charge in [0.1, 0.15) is 4.88 Å². The first-order valence-corrected chi connectivity index (χ1v) is 10.2. The lowest BCUT2D eigenvalue weighted by atomic mass is 9.90. The monoisotopic (exact) mass is 389 g/mol. The van der Waals surface area contributed by atoms with Gasteiger partial charge in [-0.15, -0.1) is 11.3 Å². The van der Waals surface area contributed by atoms with Crippen LogP contribution in [0.2, 0.25) is 0 Å². The van der Waals surface area contributed by atoms with Gasteiger partial charge in [-0.3, -0.25) is 4.79 Å². The number of aromatic nitrogens is 1. The molecule has 5 nitrogen and oxygen atoms in total. The van der Waals surface area contributed by atoms with E-state index in [9.17, 15) is 9.59 Å². The molecule has 27 heavy (non-hydrogen) atoms. The summed E-state index contributed by atoms with van der Waals surface area (Å²) in [6.07, 6.45) is 3.21. The van der Waals surface area contributed by atoms with E-state index >= 15 is 0 Å². The Morgan fingerprint density at radius 3 is 2.81 bits per heavy atom. The number of carbonyl (C=O) groups is 2. The van der Waals surface area contributed by atoms with Gasteiger partial charge in [0, 0.05) is 35.5 Å². The minimum absolute atomic E-state index is 0.171. The van der Waals surface area contributed by atoms with Gasteiger partial charge < -0.3 is 14.0 Å². The SMILES string of the molecule is COCCn1c(C)cc(C(=O)COC(=O)c2cc3c(s2)CC[C@@H](C)C3)c1C. The predicted molar refractivity (Wildman–Crippen MR) is 106 cm³/mol. The highest BCUT2D eigenvalue weighted by Crippen LogP contribution is 2.32. The van der Waals surface area contributed by atoms with Gasteiger partial charge in [-0.25, -0.2) is 4.79 Å². The van der Waals surface area contributed by atoms with Crippen LogP contribution in [0, 0.1) is 19.8 Å². The molecule has 0 saturated heterocycles. The van der Waals surface area contributed by atoms with Crippen LogP contribution in [0.4, 0.5) is 0 Å². The Hall–Kier alpha value is -1.92. The molecule has 0 aliphatic heterocycles. The highest BCUT2D eigenvalue weighted by Gasteiger charge is 2.22. The number of fused-ring (bicyclic) bond motifs is 1. The summed E-state index contributed by atoms with van der Waals surface area (Å²) >= 11 is 1.51. The highest BCUT2D eigenvalue weighted by atomic mass is 32.1. The molecule has 1 aliphatic carbocycles. The first kappa shape index (κ1) is 19.8. The topological polar surface area (TPSA) is 57.5 Å². The summed E-state index contributed by atoms with van der Waals surface area (Å²) < 4.78 is 12.5. The molecule has 0 N–H and O–H groups in total. The number of rotatable bonds is 7. The lowest BCUT2D eigenvalue weighted by Gasteiger charge is -2.16. The van der Waals surface area contributed by atoms with E-state index in [4.69, 9.17) is 9.47 Å². The van der Waals surface area contributed by atoms with Crippen molar-refractivity contribution in [3.8, 4) is 0 Å². The Kier molecular flexibility index (Phi) is 6.17. The van der Waals surface area contributed by atoms with Crippen molar-refractivity contribution in [2.24, 2.45) is 5.92 Å². The molecular formula is C21H27NO4S. The fourth-order valence-electron chi connectivity index (χ4n) is 3.70. The number of esters is 1. The number of methoxy groups -OCH3 is 1. The lowest BCUT2D eigenvalue weighted by Crippen LogP contribution is -2.15. The maximum atomic E-state index is 12.6. The van der Waals surface area contributed by atoms with Crippen LogP contribution in [0.3, 0.4) is 0 Å². The molecule has 0 amide bonds. The number of ether oxygens (including phenoxy) is 2. The summed E-state index contributed by atoms with van der Waals surface area (Å²) in [7, 11) is 1.66. The van der Waals surface area contributed by atoms with Crippen molar-refractivity contribution in [3.05, 3.63) is 44.4 Å². The second-order valence-electron chi connectivity index (χ2n) is 7.34. The summed E-state index contributed by atoms with van der Waals surface area (Å²) in [4.78, 5) is 26.8. The quantitative estimate of drug-likeness (QED) is 0.531. The van der Waals surface area contributed by atoms with Gasteiger partial charge in [0.05, 0.1) is 6.61 Å². The Bertz CT molecular complexity index is 849.